The van der Waals surface area contributed by atoms with Crippen LogP contribution in [0, 0.1) is 0 Å². The molecular weight excluding hydrogens is 304 g/mol. The van der Waals surface area contributed by atoms with Crippen molar-refractivity contribution in [2.24, 2.45) is 0 Å². The number of aromatic nitrogens is 3. The number of carbonyl (C=O) groups is 1. The van der Waals surface area contributed by atoms with Gasteiger partial charge in [0.05, 0.1) is 19.7 Å². The van der Waals surface area contributed by atoms with Crippen molar-refractivity contribution in [1.82, 2.24) is 19.7 Å². The Balaban J connectivity index is 1.57. The first-order valence-electron chi connectivity index (χ1n) is 8.20. The molecule has 1 saturated heterocycles. The highest BCUT2D eigenvalue weighted by Gasteiger charge is 2.30. The molecule has 24 heavy (non-hydrogen) atoms. The van der Waals surface area contributed by atoms with E-state index in [1.54, 1.807) is 13.3 Å². The molecule has 1 amide bonds. The summed E-state index contributed by atoms with van der Waals surface area (Å²) in [4.78, 5) is 18.1. The molecular formula is C18H20N4O2. The van der Waals surface area contributed by atoms with Gasteiger partial charge in [0.15, 0.2) is 0 Å². The molecule has 0 radical (unpaired) electrons. The van der Waals surface area contributed by atoms with E-state index in [1.165, 1.54) is 0 Å². The van der Waals surface area contributed by atoms with Crippen molar-refractivity contribution in [3.63, 3.8) is 0 Å². The van der Waals surface area contributed by atoms with Crippen molar-refractivity contribution in [1.29, 1.82) is 0 Å². The van der Waals surface area contributed by atoms with Crippen molar-refractivity contribution in [2.75, 3.05) is 13.7 Å². The first-order valence-corrected chi connectivity index (χ1v) is 8.20. The van der Waals surface area contributed by atoms with Gasteiger partial charge in [-0.2, -0.15) is 5.10 Å². The molecule has 1 aromatic carbocycles. The minimum atomic E-state index is 0.0554. The number of carbonyl (C=O) groups excluding carboxylic acids is 1. The Morgan fingerprint density at radius 1 is 1.42 bits per heavy atom. The normalized spacial score (nSPS) is 17.5. The molecule has 1 aliphatic heterocycles. The highest BCUT2D eigenvalue weighted by atomic mass is 16.5. The molecule has 1 fully saturated rings. The topological polar surface area (TPSA) is 63.1 Å². The van der Waals surface area contributed by atoms with E-state index in [0.29, 0.717) is 5.69 Å². The van der Waals surface area contributed by atoms with Crippen LogP contribution in [0.1, 0.15) is 23.3 Å². The molecule has 6 heteroatoms. The number of amides is 1. The average Bonchev–Trinajstić information content (AvgIpc) is 3.34. The zero-order valence-corrected chi connectivity index (χ0v) is 13.6. The third-order valence-electron chi connectivity index (χ3n) is 4.66. The lowest BCUT2D eigenvalue weighted by Crippen LogP contribution is -2.38. The molecule has 0 unspecified atom stereocenters. The van der Waals surface area contributed by atoms with Crippen molar-refractivity contribution in [2.45, 2.75) is 25.4 Å². The summed E-state index contributed by atoms with van der Waals surface area (Å²) in [5.41, 5.74) is 1.55. The monoisotopic (exact) mass is 324 g/mol. The minimum absolute atomic E-state index is 0.0554. The quantitative estimate of drug-likeness (QED) is 0.802. The van der Waals surface area contributed by atoms with Crippen LogP contribution >= 0.6 is 0 Å². The Labute approximate surface area is 140 Å². The minimum Gasteiger partial charge on any atom is -0.497 e. The zero-order chi connectivity index (χ0) is 16.5. The number of benzene rings is 1. The summed E-state index contributed by atoms with van der Waals surface area (Å²) in [6.07, 6.45) is 5.76. The van der Waals surface area contributed by atoms with Gasteiger partial charge in [-0.1, -0.05) is 0 Å². The van der Waals surface area contributed by atoms with Crippen LogP contribution in [0.25, 0.3) is 10.9 Å². The Bertz CT molecular complexity index is 853. The van der Waals surface area contributed by atoms with Crippen LogP contribution in [0.15, 0.2) is 42.7 Å². The third-order valence-corrected chi connectivity index (χ3v) is 4.66. The lowest BCUT2D eigenvalue weighted by atomic mass is 10.2. The van der Waals surface area contributed by atoms with Gasteiger partial charge < -0.3 is 14.6 Å². The van der Waals surface area contributed by atoms with Crippen molar-refractivity contribution < 1.29 is 9.53 Å². The molecule has 3 heterocycles. The van der Waals surface area contributed by atoms with Crippen LogP contribution in [0.2, 0.25) is 0 Å². The lowest BCUT2D eigenvalue weighted by molar-refractivity contribution is 0.0716. The van der Waals surface area contributed by atoms with Gasteiger partial charge in [-0.3, -0.25) is 9.48 Å². The van der Waals surface area contributed by atoms with E-state index < -0.39 is 0 Å². The number of methoxy groups -OCH3 is 1. The summed E-state index contributed by atoms with van der Waals surface area (Å²) in [6.45, 7) is 1.54. The van der Waals surface area contributed by atoms with E-state index in [4.69, 9.17) is 4.74 Å². The van der Waals surface area contributed by atoms with E-state index >= 15 is 0 Å². The van der Waals surface area contributed by atoms with E-state index in [0.717, 1.165) is 42.6 Å². The summed E-state index contributed by atoms with van der Waals surface area (Å²) in [7, 11) is 1.64. The van der Waals surface area contributed by atoms with Crippen LogP contribution in [-0.2, 0) is 6.54 Å². The van der Waals surface area contributed by atoms with E-state index in [1.807, 2.05) is 46.1 Å². The molecule has 0 aliphatic carbocycles. The fraction of sp³-hybridized carbons (Fsp3) is 0.333. The average molecular weight is 324 g/mol. The number of likely N-dealkylation sites (tertiary alicyclic amines) is 1. The second-order valence-electron chi connectivity index (χ2n) is 6.16. The van der Waals surface area contributed by atoms with Gasteiger partial charge >= 0.3 is 0 Å². The predicted octanol–water partition coefficient (Wildman–Crippen LogP) is 2.68. The smallest absolute Gasteiger partial charge is 0.270 e. The Hall–Kier alpha value is -2.76. The number of aromatic amines is 1. The maximum Gasteiger partial charge on any atom is 0.270 e. The lowest BCUT2D eigenvalue weighted by Gasteiger charge is -2.24. The molecule has 0 bridgehead atoms. The molecule has 1 atom stereocenters. The maximum atomic E-state index is 12.9. The van der Waals surface area contributed by atoms with Crippen molar-refractivity contribution in [3.8, 4) is 5.75 Å². The number of ether oxygens (including phenoxy) is 1. The van der Waals surface area contributed by atoms with Gasteiger partial charge in [0.25, 0.3) is 5.91 Å². The van der Waals surface area contributed by atoms with Crippen LogP contribution in [0.4, 0.5) is 0 Å². The zero-order valence-electron chi connectivity index (χ0n) is 13.6. The van der Waals surface area contributed by atoms with Crippen LogP contribution in [-0.4, -0.2) is 45.3 Å². The first kappa shape index (κ1) is 14.8. The third kappa shape index (κ3) is 2.64. The Morgan fingerprint density at radius 2 is 2.33 bits per heavy atom. The van der Waals surface area contributed by atoms with Gasteiger partial charge in [-0.25, -0.2) is 0 Å². The van der Waals surface area contributed by atoms with E-state index in [-0.39, 0.29) is 11.9 Å². The van der Waals surface area contributed by atoms with Crippen LogP contribution < -0.4 is 4.74 Å². The molecule has 6 nitrogen and oxygen atoms in total. The maximum absolute atomic E-state index is 12.9. The fourth-order valence-corrected chi connectivity index (χ4v) is 3.42. The van der Waals surface area contributed by atoms with Gasteiger partial charge in [0.1, 0.15) is 11.4 Å². The number of hydrogen-bond acceptors (Lipinski definition) is 3. The van der Waals surface area contributed by atoms with E-state index in [9.17, 15) is 4.79 Å². The first-order chi connectivity index (χ1) is 11.7. The summed E-state index contributed by atoms with van der Waals surface area (Å²) in [6, 6.07) is 9.80. The van der Waals surface area contributed by atoms with Crippen molar-refractivity contribution >= 4 is 16.8 Å². The Morgan fingerprint density at radius 3 is 3.12 bits per heavy atom. The Kier molecular flexibility index (Phi) is 3.72. The molecule has 1 N–H and O–H groups in total. The van der Waals surface area contributed by atoms with Gasteiger partial charge in [0, 0.05) is 35.9 Å². The second kappa shape index (κ2) is 6.03. The highest BCUT2D eigenvalue weighted by molar-refractivity contribution is 5.98. The molecule has 124 valence electrons. The number of rotatable bonds is 4. The number of fused-ring (bicyclic) bond motifs is 1. The number of nitrogens with zero attached hydrogens (tertiary/aromatic N) is 3. The summed E-state index contributed by atoms with van der Waals surface area (Å²) < 4.78 is 7.14. The van der Waals surface area contributed by atoms with Gasteiger partial charge in [-0.15, -0.1) is 0 Å². The molecule has 0 spiro atoms. The molecule has 2 aromatic heterocycles. The molecule has 1 aliphatic rings. The van der Waals surface area contributed by atoms with Crippen LogP contribution in [0.3, 0.4) is 0 Å². The summed E-state index contributed by atoms with van der Waals surface area (Å²) in [5.74, 6) is 0.834. The fourth-order valence-electron chi connectivity index (χ4n) is 3.42. The van der Waals surface area contributed by atoms with Gasteiger partial charge in [0.2, 0.25) is 0 Å². The summed E-state index contributed by atoms with van der Waals surface area (Å²) >= 11 is 0. The SMILES string of the molecule is COc1ccc2cc(C(=O)N3CCC[C@H]3Cn3cccn3)[nH]c2c1. The number of H-pyrrole nitrogens is 1. The molecule has 4 rings (SSSR count). The summed E-state index contributed by atoms with van der Waals surface area (Å²) in [5, 5.41) is 5.27. The number of nitrogens with one attached hydrogen (secondary N) is 1. The predicted molar refractivity (Wildman–Crippen MR) is 91.1 cm³/mol. The van der Waals surface area contributed by atoms with E-state index in [2.05, 4.69) is 10.1 Å². The highest BCUT2D eigenvalue weighted by Crippen LogP contribution is 2.25. The number of hydrogen-bond donors (Lipinski definition) is 1. The molecule has 3 aromatic rings. The molecule has 0 saturated carbocycles. The van der Waals surface area contributed by atoms with Crippen molar-refractivity contribution in [3.05, 3.63) is 48.4 Å². The van der Waals surface area contributed by atoms with Crippen LogP contribution in [0.5, 0.6) is 5.75 Å². The standard InChI is InChI=1S/C18H20N4O2/c1-24-15-6-5-13-10-17(20-16(13)11-15)18(23)22-9-2-4-14(22)12-21-8-3-7-19-21/h3,5-8,10-11,14,20H,2,4,9,12H2,1H3/t14-/m0/s1. The largest absolute Gasteiger partial charge is 0.497 e. The van der Waals surface area contributed by atoms with Gasteiger partial charge in [-0.05, 0) is 37.1 Å². The second-order valence-corrected chi connectivity index (χ2v) is 6.16.